The monoisotopic (exact) mass is 277 g/mol. The summed E-state index contributed by atoms with van der Waals surface area (Å²) in [5, 5.41) is 18.8. The number of rotatable bonds is 4. The number of nitriles is 1. The van der Waals surface area contributed by atoms with Crippen molar-refractivity contribution in [3.8, 4) is 6.07 Å². The van der Waals surface area contributed by atoms with Gasteiger partial charge in [-0.15, -0.1) is 0 Å². The summed E-state index contributed by atoms with van der Waals surface area (Å²) in [6.07, 6.45) is 1.60. The number of hydrogen-bond acceptors (Lipinski definition) is 4. The summed E-state index contributed by atoms with van der Waals surface area (Å²) in [5.74, 6) is 0.0987. The average molecular weight is 277 g/mol. The Labute approximate surface area is 114 Å². The number of benzene rings is 1. The van der Waals surface area contributed by atoms with E-state index in [1.165, 1.54) is 30.0 Å². The highest BCUT2D eigenvalue weighted by Crippen LogP contribution is 2.24. The minimum atomic E-state index is -0.356. The molecule has 4 nitrogen and oxygen atoms in total. The van der Waals surface area contributed by atoms with Crippen molar-refractivity contribution >= 4 is 11.8 Å². The van der Waals surface area contributed by atoms with Crippen molar-refractivity contribution in [2.24, 2.45) is 7.05 Å². The molecule has 0 aliphatic rings. The number of aromatic nitrogens is 2. The molecule has 1 aromatic heterocycles. The standard InChI is InChI=1S/C13H12FN3OS/c1-17-12(7-18)6-16-13(17)19-8-10-4-11(14)3-2-9(10)5-15/h2-4,6,18H,7-8H2,1H3. The summed E-state index contributed by atoms with van der Waals surface area (Å²) in [6.45, 7) is -0.0759. The summed E-state index contributed by atoms with van der Waals surface area (Å²) in [4.78, 5) is 4.17. The summed E-state index contributed by atoms with van der Waals surface area (Å²) in [6, 6.07) is 6.16. The van der Waals surface area contributed by atoms with Gasteiger partial charge >= 0.3 is 0 Å². The van der Waals surface area contributed by atoms with Crippen LogP contribution in [0.15, 0.2) is 29.6 Å². The summed E-state index contributed by atoms with van der Waals surface area (Å²) >= 11 is 1.40. The van der Waals surface area contributed by atoms with E-state index in [4.69, 9.17) is 10.4 Å². The van der Waals surface area contributed by atoms with Crippen LogP contribution in [0.5, 0.6) is 0 Å². The highest BCUT2D eigenvalue weighted by Gasteiger charge is 2.09. The molecule has 0 bridgehead atoms. The second-order valence-corrected chi connectivity index (χ2v) is 4.89. The van der Waals surface area contributed by atoms with E-state index < -0.39 is 0 Å². The second-order valence-electron chi connectivity index (χ2n) is 3.95. The highest BCUT2D eigenvalue weighted by atomic mass is 32.2. The lowest BCUT2D eigenvalue weighted by Crippen LogP contribution is -1.98. The Morgan fingerprint density at radius 2 is 2.32 bits per heavy atom. The van der Waals surface area contributed by atoms with Crippen LogP contribution in [0.1, 0.15) is 16.8 Å². The Morgan fingerprint density at radius 3 is 2.95 bits per heavy atom. The van der Waals surface area contributed by atoms with E-state index in [0.717, 1.165) is 5.16 Å². The molecule has 0 fully saturated rings. The van der Waals surface area contributed by atoms with Crippen LogP contribution in [-0.2, 0) is 19.4 Å². The molecule has 98 valence electrons. The average Bonchev–Trinajstić information content (AvgIpc) is 2.77. The van der Waals surface area contributed by atoms with Gasteiger partial charge in [-0.2, -0.15) is 5.26 Å². The molecular weight excluding hydrogens is 265 g/mol. The Bertz CT molecular complexity index is 633. The van der Waals surface area contributed by atoms with E-state index in [0.29, 0.717) is 22.6 Å². The molecule has 0 aliphatic carbocycles. The Balaban J connectivity index is 2.16. The molecule has 0 radical (unpaired) electrons. The molecule has 0 saturated carbocycles. The van der Waals surface area contributed by atoms with Crippen molar-refractivity contribution in [1.29, 1.82) is 5.26 Å². The van der Waals surface area contributed by atoms with Crippen molar-refractivity contribution in [3.63, 3.8) is 0 Å². The van der Waals surface area contributed by atoms with Gasteiger partial charge in [0.2, 0.25) is 0 Å². The smallest absolute Gasteiger partial charge is 0.168 e. The molecule has 1 N–H and O–H groups in total. The first-order valence-corrected chi connectivity index (χ1v) is 6.57. The summed E-state index contributed by atoms with van der Waals surface area (Å²) in [5.41, 5.74) is 1.81. The van der Waals surface area contributed by atoms with Gasteiger partial charge in [-0.25, -0.2) is 9.37 Å². The number of nitrogens with zero attached hydrogens (tertiary/aromatic N) is 3. The van der Waals surface area contributed by atoms with Crippen molar-refractivity contribution in [2.45, 2.75) is 17.5 Å². The first kappa shape index (κ1) is 13.6. The Kier molecular flexibility index (Phi) is 4.20. The zero-order chi connectivity index (χ0) is 13.8. The molecule has 0 atom stereocenters. The molecule has 1 aromatic carbocycles. The van der Waals surface area contributed by atoms with Gasteiger partial charge in [-0.3, -0.25) is 0 Å². The quantitative estimate of drug-likeness (QED) is 0.870. The molecule has 0 unspecified atom stereocenters. The number of thioether (sulfide) groups is 1. The van der Waals surface area contributed by atoms with Crippen LogP contribution in [0.4, 0.5) is 4.39 Å². The normalized spacial score (nSPS) is 10.4. The maximum atomic E-state index is 13.2. The lowest BCUT2D eigenvalue weighted by molar-refractivity contribution is 0.271. The first-order chi connectivity index (χ1) is 9.15. The third kappa shape index (κ3) is 2.95. The van der Waals surface area contributed by atoms with E-state index in [2.05, 4.69) is 4.98 Å². The number of imidazole rings is 1. The topological polar surface area (TPSA) is 61.8 Å². The van der Waals surface area contributed by atoms with Crippen LogP contribution in [-0.4, -0.2) is 14.7 Å². The zero-order valence-electron chi connectivity index (χ0n) is 10.3. The van der Waals surface area contributed by atoms with E-state index >= 15 is 0 Å². The zero-order valence-corrected chi connectivity index (χ0v) is 11.1. The van der Waals surface area contributed by atoms with Crippen LogP contribution in [0.3, 0.4) is 0 Å². The van der Waals surface area contributed by atoms with Gasteiger partial charge in [0.05, 0.1) is 30.1 Å². The van der Waals surface area contributed by atoms with Crippen LogP contribution >= 0.6 is 11.8 Å². The van der Waals surface area contributed by atoms with E-state index in [9.17, 15) is 4.39 Å². The maximum Gasteiger partial charge on any atom is 0.168 e. The fourth-order valence-corrected chi connectivity index (χ4v) is 2.60. The molecule has 0 amide bonds. The van der Waals surface area contributed by atoms with Crippen molar-refractivity contribution < 1.29 is 9.50 Å². The molecule has 2 aromatic rings. The minimum absolute atomic E-state index is 0.0759. The third-order valence-electron chi connectivity index (χ3n) is 2.75. The lowest BCUT2D eigenvalue weighted by Gasteiger charge is -2.05. The van der Waals surface area contributed by atoms with E-state index in [1.807, 2.05) is 6.07 Å². The van der Waals surface area contributed by atoms with Crippen molar-refractivity contribution in [3.05, 3.63) is 47.0 Å². The van der Waals surface area contributed by atoms with Gasteiger partial charge < -0.3 is 9.67 Å². The Hall–Kier alpha value is -1.84. The van der Waals surface area contributed by atoms with Crippen molar-refractivity contribution in [2.75, 3.05) is 0 Å². The molecule has 1 heterocycles. The number of halogens is 1. The van der Waals surface area contributed by atoms with Crippen LogP contribution in [0.2, 0.25) is 0 Å². The molecule has 0 aliphatic heterocycles. The number of hydrogen-bond donors (Lipinski definition) is 1. The number of aliphatic hydroxyl groups excluding tert-OH is 1. The fraction of sp³-hybridized carbons (Fsp3) is 0.231. The molecule has 2 rings (SSSR count). The highest BCUT2D eigenvalue weighted by molar-refractivity contribution is 7.98. The fourth-order valence-electron chi connectivity index (χ4n) is 1.64. The molecule has 19 heavy (non-hydrogen) atoms. The molecule has 6 heteroatoms. The summed E-state index contributed by atoms with van der Waals surface area (Å²) in [7, 11) is 1.80. The van der Waals surface area contributed by atoms with Gasteiger partial charge in [-0.1, -0.05) is 11.8 Å². The van der Waals surface area contributed by atoms with Crippen molar-refractivity contribution in [1.82, 2.24) is 9.55 Å². The van der Waals surface area contributed by atoms with Crippen LogP contribution < -0.4 is 0 Å². The van der Waals surface area contributed by atoms with Gasteiger partial charge in [0.25, 0.3) is 0 Å². The summed E-state index contributed by atoms with van der Waals surface area (Å²) < 4.78 is 14.9. The van der Waals surface area contributed by atoms with Crippen LogP contribution in [0.25, 0.3) is 0 Å². The van der Waals surface area contributed by atoms with Gasteiger partial charge in [-0.05, 0) is 23.8 Å². The minimum Gasteiger partial charge on any atom is -0.390 e. The largest absolute Gasteiger partial charge is 0.390 e. The maximum absolute atomic E-state index is 13.2. The van der Waals surface area contributed by atoms with E-state index in [-0.39, 0.29) is 12.4 Å². The second kappa shape index (κ2) is 5.87. The molecular formula is C13H12FN3OS. The molecule has 0 spiro atoms. The predicted molar refractivity (Wildman–Crippen MR) is 69.8 cm³/mol. The SMILES string of the molecule is Cn1c(CO)cnc1SCc1cc(F)ccc1C#N. The Morgan fingerprint density at radius 1 is 1.53 bits per heavy atom. The van der Waals surface area contributed by atoms with Gasteiger partial charge in [0, 0.05) is 12.8 Å². The number of aliphatic hydroxyl groups is 1. The molecule has 0 saturated heterocycles. The first-order valence-electron chi connectivity index (χ1n) is 5.58. The predicted octanol–water partition coefficient (Wildman–Crippen LogP) is 2.22. The van der Waals surface area contributed by atoms with Gasteiger partial charge in [0.15, 0.2) is 5.16 Å². The third-order valence-corrected chi connectivity index (χ3v) is 3.84. The van der Waals surface area contributed by atoms with Crippen LogP contribution in [0, 0.1) is 17.1 Å². The van der Waals surface area contributed by atoms with Gasteiger partial charge in [0.1, 0.15) is 5.82 Å². The van der Waals surface area contributed by atoms with E-state index in [1.54, 1.807) is 17.8 Å². The lowest BCUT2D eigenvalue weighted by atomic mass is 10.1.